The number of benzene rings is 8. The van der Waals surface area contributed by atoms with Gasteiger partial charge in [0.2, 0.25) is 0 Å². The van der Waals surface area contributed by atoms with Crippen molar-refractivity contribution in [2.45, 2.75) is 0 Å². The normalized spacial score (nSPS) is 11.7. The minimum atomic E-state index is 0.826. The lowest BCUT2D eigenvalue weighted by molar-refractivity contribution is 0.766. The van der Waals surface area contributed by atoms with Crippen LogP contribution >= 0.6 is 0 Å². The number of para-hydroxylation sites is 4. The van der Waals surface area contributed by atoms with Crippen molar-refractivity contribution in [1.29, 1.82) is 0 Å². The highest BCUT2D eigenvalue weighted by atomic mass is 15.5. The molecule has 12 rings (SSSR count). The summed E-state index contributed by atoms with van der Waals surface area (Å²) < 4.78 is 4.71. The van der Waals surface area contributed by atoms with Crippen molar-refractivity contribution in [1.82, 2.24) is 29.1 Å². The fourth-order valence-electron chi connectivity index (χ4n) is 8.85. The number of pyridine rings is 1. The average Bonchev–Trinajstić information content (AvgIpc) is 4.00. The summed E-state index contributed by atoms with van der Waals surface area (Å²) in [7, 11) is 0. The van der Waals surface area contributed by atoms with E-state index in [4.69, 9.17) is 10.2 Å². The van der Waals surface area contributed by atoms with E-state index in [1.54, 1.807) is 11.0 Å². The van der Waals surface area contributed by atoms with Crippen LogP contribution in [0.3, 0.4) is 0 Å². The number of aromatic nitrogens is 6. The summed E-state index contributed by atoms with van der Waals surface area (Å²) in [5.74, 6) is 0. The van der Waals surface area contributed by atoms with Gasteiger partial charge < -0.3 is 9.13 Å². The molecule has 0 fully saturated rings. The maximum Gasteiger partial charge on any atom is 0.121 e. The maximum absolute atomic E-state index is 5.20. The molecule has 4 aromatic heterocycles. The van der Waals surface area contributed by atoms with Crippen LogP contribution in [0.4, 0.5) is 0 Å². The largest absolute Gasteiger partial charge is 0.309 e. The Kier molecular flexibility index (Phi) is 7.43. The van der Waals surface area contributed by atoms with Crippen LogP contribution in [0, 0.1) is 0 Å². The van der Waals surface area contributed by atoms with Crippen LogP contribution in [0.15, 0.2) is 207 Å². The van der Waals surface area contributed by atoms with Crippen molar-refractivity contribution in [3.8, 4) is 50.4 Å². The Bertz CT molecular complexity index is 3530. The summed E-state index contributed by atoms with van der Waals surface area (Å²) in [4.78, 5) is 6.07. The van der Waals surface area contributed by atoms with Crippen LogP contribution < -0.4 is 0 Å². The number of fused-ring (bicyclic) bond motifs is 7. The highest BCUT2D eigenvalue weighted by Crippen LogP contribution is 2.40. The Balaban J connectivity index is 1.07. The second kappa shape index (κ2) is 13.3. The van der Waals surface area contributed by atoms with Gasteiger partial charge >= 0.3 is 0 Å². The van der Waals surface area contributed by atoms with E-state index < -0.39 is 0 Å². The Morgan fingerprint density at radius 1 is 0.339 bits per heavy atom. The maximum atomic E-state index is 5.20. The van der Waals surface area contributed by atoms with E-state index >= 15 is 0 Å². The summed E-state index contributed by atoms with van der Waals surface area (Å²) in [6.45, 7) is 0. The van der Waals surface area contributed by atoms with Gasteiger partial charge in [0.05, 0.1) is 27.8 Å². The van der Waals surface area contributed by atoms with Gasteiger partial charge in [-0.1, -0.05) is 103 Å². The van der Waals surface area contributed by atoms with Crippen LogP contribution in [0.25, 0.3) is 105 Å². The standard InChI is InChI=1S/C53H34N6/c1-3-13-40(14-4-1)57-49-19-9-7-17-43(49)46-30-36(23-27-51(46)57)39-32-45(53-48(33-39)55-59(56-53)42-25-21-35(22-26-42)38-12-11-29-54-34-38)37-24-28-52-47(31-37)44-18-8-10-20-50(44)58(52)41-15-5-2-6-16-41/h1-34H. The molecule has 0 aliphatic carbocycles. The van der Waals surface area contributed by atoms with Crippen LogP contribution in [-0.2, 0) is 0 Å². The molecule has 4 heterocycles. The smallest absolute Gasteiger partial charge is 0.121 e. The van der Waals surface area contributed by atoms with E-state index in [0.29, 0.717) is 0 Å². The van der Waals surface area contributed by atoms with Crippen molar-refractivity contribution in [3.05, 3.63) is 207 Å². The van der Waals surface area contributed by atoms with Gasteiger partial charge in [-0.25, -0.2) is 0 Å². The molecule has 0 bridgehead atoms. The molecule has 0 aliphatic rings. The Hall–Kier alpha value is -8.09. The molecule has 59 heavy (non-hydrogen) atoms. The SMILES string of the molecule is c1ccc(-n2c3ccccc3c3cc(-c4cc(-c5ccc6c(c5)c5ccccc5n6-c5ccccc5)c5nn(-c6ccc(-c7cccnc7)cc6)nc5c4)ccc32)cc1. The number of rotatable bonds is 6. The lowest BCUT2D eigenvalue weighted by Gasteiger charge is -2.10. The summed E-state index contributed by atoms with van der Waals surface area (Å²) in [6.07, 6.45) is 3.68. The first-order valence-corrected chi connectivity index (χ1v) is 19.9. The zero-order valence-corrected chi connectivity index (χ0v) is 31.8. The number of hydrogen-bond donors (Lipinski definition) is 0. The molecular formula is C53H34N6. The first-order valence-electron chi connectivity index (χ1n) is 19.9. The lowest BCUT2D eigenvalue weighted by Crippen LogP contribution is -1.98. The molecule has 0 spiro atoms. The molecule has 0 unspecified atom stereocenters. The lowest BCUT2D eigenvalue weighted by atomic mass is 9.95. The van der Waals surface area contributed by atoms with Gasteiger partial charge in [-0.3, -0.25) is 4.98 Å². The quantitative estimate of drug-likeness (QED) is 0.170. The van der Waals surface area contributed by atoms with Gasteiger partial charge in [0.15, 0.2) is 0 Å². The molecular weight excluding hydrogens is 721 g/mol. The molecule has 12 aromatic rings. The molecule has 0 aliphatic heterocycles. The monoisotopic (exact) mass is 754 g/mol. The molecule has 0 atom stereocenters. The first-order chi connectivity index (χ1) is 29.2. The van der Waals surface area contributed by atoms with Crippen LogP contribution in [0.1, 0.15) is 0 Å². The molecule has 276 valence electrons. The molecule has 6 heteroatoms. The number of nitrogens with zero attached hydrogens (tertiary/aromatic N) is 6. The molecule has 0 radical (unpaired) electrons. The summed E-state index contributed by atoms with van der Waals surface area (Å²) in [5, 5.41) is 15.2. The summed E-state index contributed by atoms with van der Waals surface area (Å²) in [6, 6.07) is 69.0. The van der Waals surface area contributed by atoms with E-state index in [9.17, 15) is 0 Å². The zero-order valence-electron chi connectivity index (χ0n) is 31.8. The highest BCUT2D eigenvalue weighted by Gasteiger charge is 2.19. The molecule has 0 amide bonds. The van der Waals surface area contributed by atoms with Gasteiger partial charge in [0.1, 0.15) is 11.0 Å². The van der Waals surface area contributed by atoms with Crippen molar-refractivity contribution in [2.24, 2.45) is 0 Å². The van der Waals surface area contributed by atoms with Gasteiger partial charge in [-0.2, -0.15) is 4.80 Å². The molecule has 0 saturated heterocycles. The zero-order chi connectivity index (χ0) is 38.9. The van der Waals surface area contributed by atoms with Crippen molar-refractivity contribution in [3.63, 3.8) is 0 Å². The molecule has 8 aromatic carbocycles. The molecule has 0 saturated carbocycles. The highest BCUT2D eigenvalue weighted by molar-refractivity contribution is 6.12. The van der Waals surface area contributed by atoms with Gasteiger partial charge in [0.25, 0.3) is 0 Å². The minimum Gasteiger partial charge on any atom is -0.309 e. The van der Waals surface area contributed by atoms with Gasteiger partial charge in [-0.15, -0.1) is 10.2 Å². The predicted octanol–water partition coefficient (Wildman–Crippen LogP) is 13.0. The van der Waals surface area contributed by atoms with E-state index in [-0.39, 0.29) is 0 Å². The third-order valence-corrected chi connectivity index (χ3v) is 11.6. The third kappa shape index (κ3) is 5.38. The topological polar surface area (TPSA) is 53.5 Å². The van der Waals surface area contributed by atoms with Crippen LogP contribution in [-0.4, -0.2) is 29.1 Å². The summed E-state index contributed by atoms with van der Waals surface area (Å²) in [5.41, 5.74) is 16.0. The van der Waals surface area contributed by atoms with E-state index in [0.717, 1.165) is 67.0 Å². The van der Waals surface area contributed by atoms with Gasteiger partial charge in [-0.05, 0) is 119 Å². The average molecular weight is 755 g/mol. The molecule has 6 nitrogen and oxygen atoms in total. The second-order valence-corrected chi connectivity index (χ2v) is 15.0. The first kappa shape index (κ1) is 33.1. The number of hydrogen-bond acceptors (Lipinski definition) is 3. The fraction of sp³-hybridized carbons (Fsp3) is 0. The minimum absolute atomic E-state index is 0.826. The van der Waals surface area contributed by atoms with Crippen molar-refractivity contribution < 1.29 is 0 Å². The van der Waals surface area contributed by atoms with Crippen molar-refractivity contribution >= 4 is 54.6 Å². The Morgan fingerprint density at radius 3 is 1.53 bits per heavy atom. The second-order valence-electron chi connectivity index (χ2n) is 15.0. The van der Waals surface area contributed by atoms with Crippen molar-refractivity contribution in [2.75, 3.05) is 0 Å². The van der Waals surface area contributed by atoms with E-state index in [2.05, 4.69) is 202 Å². The third-order valence-electron chi connectivity index (χ3n) is 11.6. The fourth-order valence-corrected chi connectivity index (χ4v) is 8.85. The molecule has 0 N–H and O–H groups in total. The Labute approximate surface area is 339 Å². The van der Waals surface area contributed by atoms with Crippen LogP contribution in [0.5, 0.6) is 0 Å². The predicted molar refractivity (Wildman–Crippen MR) is 242 cm³/mol. The van der Waals surface area contributed by atoms with Crippen LogP contribution in [0.2, 0.25) is 0 Å². The summed E-state index contributed by atoms with van der Waals surface area (Å²) >= 11 is 0. The van der Waals surface area contributed by atoms with E-state index in [1.807, 2.05) is 12.3 Å². The Morgan fingerprint density at radius 2 is 0.898 bits per heavy atom. The van der Waals surface area contributed by atoms with E-state index in [1.165, 1.54) is 38.1 Å². The van der Waals surface area contributed by atoms with Gasteiger partial charge in [0, 0.05) is 50.9 Å².